The summed E-state index contributed by atoms with van der Waals surface area (Å²) in [7, 11) is 0. The van der Waals surface area contributed by atoms with Crippen LogP contribution in [0.15, 0.2) is 12.2 Å². The third-order valence-corrected chi connectivity index (χ3v) is 3.06. The summed E-state index contributed by atoms with van der Waals surface area (Å²) in [5.41, 5.74) is 5.58. The Balaban J connectivity index is 1.73. The summed E-state index contributed by atoms with van der Waals surface area (Å²) in [5.74, 6) is 0. The van der Waals surface area contributed by atoms with E-state index in [1.165, 1.54) is 19.4 Å². The molecule has 0 aliphatic carbocycles. The molecule has 0 amide bonds. The Morgan fingerprint density at radius 2 is 2.14 bits per heavy atom. The third-order valence-electron chi connectivity index (χ3n) is 3.06. The zero-order chi connectivity index (χ0) is 9.80. The lowest BCUT2D eigenvalue weighted by Crippen LogP contribution is -2.35. The van der Waals surface area contributed by atoms with Crippen molar-refractivity contribution >= 4 is 0 Å². The molecule has 0 aromatic heterocycles. The van der Waals surface area contributed by atoms with Gasteiger partial charge in [-0.05, 0) is 19.3 Å². The average Bonchev–Trinajstić information content (AvgIpc) is 2.67. The normalized spacial score (nSPS) is 33.8. The Morgan fingerprint density at radius 1 is 1.29 bits per heavy atom. The fraction of sp³-hybridized carbons (Fsp3) is 0.818. The van der Waals surface area contributed by atoms with Crippen molar-refractivity contribution in [3.05, 3.63) is 12.2 Å². The van der Waals surface area contributed by atoms with E-state index in [2.05, 4.69) is 17.1 Å². The molecule has 2 aliphatic rings. The van der Waals surface area contributed by atoms with Crippen molar-refractivity contribution < 1.29 is 4.74 Å². The molecule has 2 N–H and O–H groups in total. The van der Waals surface area contributed by atoms with Crippen LogP contribution in [0.25, 0.3) is 0 Å². The van der Waals surface area contributed by atoms with Crippen molar-refractivity contribution in [3.63, 3.8) is 0 Å². The lowest BCUT2D eigenvalue weighted by atomic mass is 10.1. The molecule has 0 bridgehead atoms. The highest BCUT2D eigenvalue weighted by Gasteiger charge is 2.25. The predicted molar refractivity (Wildman–Crippen MR) is 57.1 cm³/mol. The fourth-order valence-corrected chi connectivity index (χ4v) is 2.23. The highest BCUT2D eigenvalue weighted by atomic mass is 16.5. The van der Waals surface area contributed by atoms with Gasteiger partial charge in [-0.1, -0.05) is 12.2 Å². The highest BCUT2D eigenvalue weighted by molar-refractivity contribution is 4.91. The second-order valence-electron chi connectivity index (χ2n) is 4.21. The van der Waals surface area contributed by atoms with Gasteiger partial charge in [-0.25, -0.2) is 0 Å². The first-order chi connectivity index (χ1) is 6.88. The quantitative estimate of drug-likeness (QED) is 0.677. The van der Waals surface area contributed by atoms with Crippen molar-refractivity contribution in [1.29, 1.82) is 0 Å². The van der Waals surface area contributed by atoms with Gasteiger partial charge in [-0.15, -0.1) is 0 Å². The Bertz CT molecular complexity index is 205. The number of rotatable bonds is 3. The first-order valence-electron chi connectivity index (χ1n) is 5.61. The third kappa shape index (κ3) is 2.56. The minimum atomic E-state index is 0.320. The van der Waals surface area contributed by atoms with E-state index in [1.807, 2.05) is 0 Å². The molecule has 1 fully saturated rings. The molecule has 80 valence electrons. The minimum absolute atomic E-state index is 0.320. The van der Waals surface area contributed by atoms with Gasteiger partial charge in [0.1, 0.15) is 0 Å². The van der Waals surface area contributed by atoms with Gasteiger partial charge in [0.15, 0.2) is 0 Å². The molecule has 3 nitrogen and oxygen atoms in total. The highest BCUT2D eigenvalue weighted by Crippen LogP contribution is 2.20. The van der Waals surface area contributed by atoms with Crippen LogP contribution in [-0.4, -0.2) is 43.3 Å². The smallest absolute Gasteiger partial charge is 0.0707 e. The lowest BCUT2D eigenvalue weighted by Gasteiger charge is -2.26. The Labute approximate surface area is 85.9 Å². The van der Waals surface area contributed by atoms with Crippen LogP contribution < -0.4 is 5.73 Å². The van der Waals surface area contributed by atoms with Gasteiger partial charge < -0.3 is 10.5 Å². The SMILES string of the molecule is NCC1CCC(CN2CC=CCC2)O1. The molecule has 2 atom stereocenters. The first kappa shape index (κ1) is 10.1. The van der Waals surface area contributed by atoms with E-state index in [1.54, 1.807) is 0 Å². The molecule has 2 heterocycles. The molecule has 1 saturated heterocycles. The van der Waals surface area contributed by atoms with Crippen LogP contribution in [0.5, 0.6) is 0 Å². The van der Waals surface area contributed by atoms with Crippen LogP contribution in [0.4, 0.5) is 0 Å². The van der Waals surface area contributed by atoms with Gasteiger partial charge >= 0.3 is 0 Å². The van der Waals surface area contributed by atoms with Crippen molar-refractivity contribution in [2.24, 2.45) is 5.73 Å². The number of ether oxygens (including phenoxy) is 1. The van der Waals surface area contributed by atoms with E-state index in [0.717, 1.165) is 19.5 Å². The van der Waals surface area contributed by atoms with Crippen LogP contribution in [-0.2, 0) is 4.74 Å². The van der Waals surface area contributed by atoms with E-state index < -0.39 is 0 Å². The summed E-state index contributed by atoms with van der Waals surface area (Å²) in [5, 5.41) is 0. The van der Waals surface area contributed by atoms with E-state index in [9.17, 15) is 0 Å². The number of nitrogens with two attached hydrogens (primary N) is 1. The molecule has 0 spiro atoms. The molecule has 2 unspecified atom stereocenters. The van der Waals surface area contributed by atoms with Crippen LogP contribution in [0, 0.1) is 0 Å². The largest absolute Gasteiger partial charge is 0.372 e. The van der Waals surface area contributed by atoms with Crippen LogP contribution >= 0.6 is 0 Å². The monoisotopic (exact) mass is 196 g/mol. The molecule has 2 rings (SSSR count). The summed E-state index contributed by atoms with van der Waals surface area (Å²) >= 11 is 0. The molecule has 0 saturated carbocycles. The molecular formula is C11H20N2O. The van der Waals surface area contributed by atoms with E-state index in [0.29, 0.717) is 18.8 Å². The summed E-state index contributed by atoms with van der Waals surface area (Å²) in [6.07, 6.45) is 8.77. The van der Waals surface area contributed by atoms with E-state index in [4.69, 9.17) is 10.5 Å². The standard InChI is InChI=1S/C11H20N2O/c12-8-10-4-5-11(14-10)9-13-6-2-1-3-7-13/h1-2,10-11H,3-9,12H2. The summed E-state index contributed by atoms with van der Waals surface area (Å²) in [4.78, 5) is 2.46. The van der Waals surface area contributed by atoms with Crippen molar-refractivity contribution in [3.8, 4) is 0 Å². The van der Waals surface area contributed by atoms with Gasteiger partial charge in [0.05, 0.1) is 12.2 Å². The Hall–Kier alpha value is -0.380. The average molecular weight is 196 g/mol. The van der Waals surface area contributed by atoms with Crippen LogP contribution in [0.1, 0.15) is 19.3 Å². The molecule has 2 aliphatic heterocycles. The van der Waals surface area contributed by atoms with E-state index >= 15 is 0 Å². The second kappa shape index (κ2) is 4.91. The summed E-state index contributed by atoms with van der Waals surface area (Å²) in [6, 6.07) is 0. The van der Waals surface area contributed by atoms with Gasteiger partial charge in [-0.3, -0.25) is 4.90 Å². The topological polar surface area (TPSA) is 38.5 Å². The predicted octanol–water partition coefficient (Wildman–Crippen LogP) is 0.755. The summed E-state index contributed by atoms with van der Waals surface area (Å²) in [6.45, 7) is 4.04. The number of hydrogen-bond donors (Lipinski definition) is 1. The minimum Gasteiger partial charge on any atom is -0.372 e. The first-order valence-corrected chi connectivity index (χ1v) is 5.61. The molecule has 0 aromatic rings. The maximum absolute atomic E-state index is 5.82. The Morgan fingerprint density at radius 3 is 2.79 bits per heavy atom. The van der Waals surface area contributed by atoms with Gasteiger partial charge in [0.2, 0.25) is 0 Å². The number of hydrogen-bond acceptors (Lipinski definition) is 3. The molecule has 14 heavy (non-hydrogen) atoms. The molecular weight excluding hydrogens is 176 g/mol. The zero-order valence-electron chi connectivity index (χ0n) is 8.69. The lowest BCUT2D eigenvalue weighted by molar-refractivity contribution is 0.0289. The van der Waals surface area contributed by atoms with Crippen molar-refractivity contribution in [1.82, 2.24) is 4.90 Å². The van der Waals surface area contributed by atoms with Gasteiger partial charge in [0, 0.05) is 26.2 Å². The molecule has 0 aromatic carbocycles. The van der Waals surface area contributed by atoms with Crippen molar-refractivity contribution in [2.75, 3.05) is 26.2 Å². The van der Waals surface area contributed by atoms with E-state index in [-0.39, 0.29) is 0 Å². The second-order valence-corrected chi connectivity index (χ2v) is 4.21. The molecule has 0 radical (unpaired) electrons. The van der Waals surface area contributed by atoms with Crippen LogP contribution in [0.2, 0.25) is 0 Å². The zero-order valence-corrected chi connectivity index (χ0v) is 8.69. The maximum atomic E-state index is 5.82. The Kier molecular flexibility index (Phi) is 3.56. The van der Waals surface area contributed by atoms with Gasteiger partial charge in [-0.2, -0.15) is 0 Å². The van der Waals surface area contributed by atoms with Crippen LogP contribution in [0.3, 0.4) is 0 Å². The van der Waals surface area contributed by atoms with Crippen molar-refractivity contribution in [2.45, 2.75) is 31.5 Å². The fourth-order valence-electron chi connectivity index (χ4n) is 2.23. The molecule has 3 heteroatoms. The van der Waals surface area contributed by atoms with Gasteiger partial charge in [0.25, 0.3) is 0 Å². The maximum Gasteiger partial charge on any atom is 0.0707 e. The number of nitrogens with zero attached hydrogens (tertiary/aromatic N) is 1. The summed E-state index contributed by atoms with van der Waals surface area (Å²) < 4.78 is 5.82.